The molecule has 5 nitrogen and oxygen atoms in total. The summed E-state index contributed by atoms with van der Waals surface area (Å²) in [6.45, 7) is 2.04. The van der Waals surface area contributed by atoms with E-state index in [9.17, 15) is 22.8 Å². The van der Waals surface area contributed by atoms with E-state index in [2.05, 4.69) is 15.5 Å². The summed E-state index contributed by atoms with van der Waals surface area (Å²) in [5.41, 5.74) is -3.23. The molecule has 10 heteroatoms. The molecule has 1 heterocycles. The highest BCUT2D eigenvalue weighted by Gasteiger charge is 2.29. The average molecular weight is 472 g/mol. The van der Waals surface area contributed by atoms with Gasteiger partial charge in [0.05, 0.1) is 6.54 Å². The first kappa shape index (κ1) is 23.4. The second-order valence-electron chi connectivity index (χ2n) is 7.17. The van der Waals surface area contributed by atoms with E-state index in [0.717, 1.165) is 31.1 Å². The molecule has 31 heavy (non-hydrogen) atoms. The molecule has 1 atom stereocenters. The maximum absolute atomic E-state index is 12.5. The number of nitrogens with zero attached hydrogens (tertiary/aromatic N) is 1. The lowest BCUT2D eigenvalue weighted by molar-refractivity contribution is -0.120. The normalized spacial score (nSPS) is 16.8. The second-order valence-corrected chi connectivity index (χ2v) is 8.75. The van der Waals surface area contributed by atoms with Gasteiger partial charge in [-0.15, -0.1) is 0 Å². The quantitative estimate of drug-likeness (QED) is 0.597. The van der Waals surface area contributed by atoms with Gasteiger partial charge in [-0.25, -0.2) is 0 Å². The van der Waals surface area contributed by atoms with Gasteiger partial charge in [-0.3, -0.25) is 14.5 Å². The van der Waals surface area contributed by atoms with Crippen LogP contribution in [0, 0.1) is 0 Å². The Bertz CT molecular complexity index is 925. The fraction of sp³-hybridized carbons (Fsp3) is 0.333. The Morgan fingerprint density at radius 3 is 2.61 bits per heavy atom. The highest BCUT2D eigenvalue weighted by atomic mass is 35.5. The number of thioether (sulfide) groups is 1. The Morgan fingerprint density at radius 2 is 1.90 bits per heavy atom. The fourth-order valence-electron chi connectivity index (χ4n) is 3.32. The Kier molecular flexibility index (Phi) is 7.85. The molecule has 1 aliphatic heterocycles. The maximum Gasteiger partial charge on any atom is 0.446 e. The molecule has 0 unspecified atom stereocenters. The highest BCUT2D eigenvalue weighted by molar-refractivity contribution is 8.00. The van der Waals surface area contributed by atoms with Crippen LogP contribution in [0.15, 0.2) is 53.4 Å². The number of rotatable bonds is 7. The minimum absolute atomic E-state index is 0.0248. The van der Waals surface area contributed by atoms with Crippen LogP contribution in [-0.4, -0.2) is 47.9 Å². The summed E-state index contributed by atoms with van der Waals surface area (Å²) in [5, 5.41) is 6.02. The van der Waals surface area contributed by atoms with E-state index in [1.54, 1.807) is 0 Å². The molecule has 2 aromatic carbocycles. The van der Waals surface area contributed by atoms with Crippen molar-refractivity contribution in [2.45, 2.75) is 29.4 Å². The summed E-state index contributed by atoms with van der Waals surface area (Å²) in [6, 6.07) is 12.8. The number of hydrogen-bond donors (Lipinski definition) is 2. The predicted octanol–water partition coefficient (Wildman–Crippen LogP) is 4.07. The van der Waals surface area contributed by atoms with Gasteiger partial charge in [-0.1, -0.05) is 29.8 Å². The third-order valence-electron chi connectivity index (χ3n) is 4.70. The van der Waals surface area contributed by atoms with Crippen LogP contribution in [0.4, 0.5) is 13.2 Å². The number of alkyl halides is 3. The van der Waals surface area contributed by atoms with Crippen molar-refractivity contribution in [3.8, 4) is 0 Å². The first-order chi connectivity index (χ1) is 14.7. The van der Waals surface area contributed by atoms with Gasteiger partial charge in [0.2, 0.25) is 5.91 Å². The lowest BCUT2D eigenvalue weighted by Gasteiger charge is -2.17. The summed E-state index contributed by atoms with van der Waals surface area (Å²) < 4.78 is 37.5. The molecular weight excluding hydrogens is 451 g/mol. The first-order valence-electron chi connectivity index (χ1n) is 9.58. The number of benzene rings is 2. The van der Waals surface area contributed by atoms with Gasteiger partial charge in [-0.05, 0) is 54.1 Å². The minimum atomic E-state index is -4.43. The first-order valence-corrected chi connectivity index (χ1v) is 10.8. The Hall–Kier alpha value is -2.23. The molecule has 2 N–H and O–H groups in total. The largest absolute Gasteiger partial charge is 0.446 e. The summed E-state index contributed by atoms with van der Waals surface area (Å²) in [5.74, 6) is -0.942. The molecule has 2 amide bonds. The van der Waals surface area contributed by atoms with E-state index in [0.29, 0.717) is 11.6 Å². The van der Waals surface area contributed by atoms with Crippen LogP contribution in [-0.2, 0) is 11.3 Å². The summed E-state index contributed by atoms with van der Waals surface area (Å²) in [7, 11) is 0. The van der Waals surface area contributed by atoms with Crippen LogP contribution < -0.4 is 10.6 Å². The second kappa shape index (κ2) is 10.4. The Balaban J connectivity index is 1.42. The third kappa shape index (κ3) is 7.75. The summed E-state index contributed by atoms with van der Waals surface area (Å²) in [6.07, 6.45) is 0.796. The van der Waals surface area contributed by atoms with Crippen LogP contribution in [0.25, 0.3) is 0 Å². The molecular formula is C21H21ClF3N3O2S. The van der Waals surface area contributed by atoms with E-state index in [1.165, 1.54) is 18.2 Å². The van der Waals surface area contributed by atoms with Crippen LogP contribution >= 0.6 is 23.4 Å². The molecule has 3 rings (SSSR count). The zero-order valence-electron chi connectivity index (χ0n) is 16.4. The standard InChI is InChI=1S/C21H21ClF3N3O2S/c22-16-6-4-14(5-7-16)12-28-9-8-17(13-28)27-19(29)11-26-20(30)15-2-1-3-18(10-15)31-21(23,24)25/h1-7,10,17H,8-9,11-13H2,(H,26,30)(H,27,29)/t17-/m1/s1. The molecule has 0 saturated carbocycles. The smallest absolute Gasteiger partial charge is 0.350 e. The molecule has 1 aliphatic rings. The van der Waals surface area contributed by atoms with Crippen molar-refractivity contribution in [2.75, 3.05) is 19.6 Å². The zero-order chi connectivity index (χ0) is 22.4. The SMILES string of the molecule is O=C(CNC(=O)c1cccc(SC(F)(F)F)c1)N[C@@H]1CCN(Cc2ccc(Cl)cc2)C1. The van der Waals surface area contributed by atoms with Crippen molar-refractivity contribution in [1.82, 2.24) is 15.5 Å². The molecule has 1 fully saturated rings. The van der Waals surface area contributed by atoms with E-state index in [4.69, 9.17) is 11.6 Å². The van der Waals surface area contributed by atoms with Gasteiger partial charge < -0.3 is 10.6 Å². The van der Waals surface area contributed by atoms with Gasteiger partial charge in [0.1, 0.15) is 0 Å². The van der Waals surface area contributed by atoms with E-state index < -0.39 is 11.4 Å². The van der Waals surface area contributed by atoms with E-state index in [1.807, 2.05) is 24.3 Å². The fourth-order valence-corrected chi connectivity index (χ4v) is 4.04. The van der Waals surface area contributed by atoms with Crippen LogP contribution in [0.5, 0.6) is 0 Å². The van der Waals surface area contributed by atoms with Crippen molar-refractivity contribution >= 4 is 35.2 Å². The van der Waals surface area contributed by atoms with E-state index >= 15 is 0 Å². The Labute approximate surface area is 187 Å². The number of carbonyl (C=O) groups is 2. The van der Waals surface area contributed by atoms with Crippen molar-refractivity contribution in [1.29, 1.82) is 0 Å². The predicted molar refractivity (Wildman–Crippen MR) is 114 cm³/mol. The topological polar surface area (TPSA) is 61.4 Å². The van der Waals surface area contributed by atoms with E-state index in [-0.39, 0.29) is 40.7 Å². The molecule has 166 valence electrons. The lowest BCUT2D eigenvalue weighted by atomic mass is 10.2. The molecule has 1 saturated heterocycles. The summed E-state index contributed by atoms with van der Waals surface area (Å²) >= 11 is 5.60. The molecule has 0 spiro atoms. The van der Waals surface area contributed by atoms with Crippen LogP contribution in [0.2, 0.25) is 5.02 Å². The van der Waals surface area contributed by atoms with Gasteiger partial charge in [0.15, 0.2) is 0 Å². The molecule has 2 aromatic rings. The number of amides is 2. The number of halogens is 4. The van der Waals surface area contributed by atoms with Gasteiger partial charge in [0.25, 0.3) is 5.91 Å². The Morgan fingerprint density at radius 1 is 1.16 bits per heavy atom. The molecule has 0 aliphatic carbocycles. The number of likely N-dealkylation sites (tertiary alicyclic amines) is 1. The van der Waals surface area contributed by atoms with Crippen molar-refractivity contribution in [3.05, 3.63) is 64.7 Å². The van der Waals surface area contributed by atoms with Crippen molar-refractivity contribution in [3.63, 3.8) is 0 Å². The maximum atomic E-state index is 12.5. The van der Waals surface area contributed by atoms with Crippen molar-refractivity contribution < 1.29 is 22.8 Å². The van der Waals surface area contributed by atoms with Gasteiger partial charge in [-0.2, -0.15) is 13.2 Å². The minimum Gasteiger partial charge on any atom is -0.350 e. The lowest BCUT2D eigenvalue weighted by Crippen LogP contribution is -2.43. The summed E-state index contributed by atoms with van der Waals surface area (Å²) in [4.78, 5) is 26.5. The molecule has 0 aromatic heterocycles. The number of carbonyl (C=O) groups excluding carboxylic acids is 2. The van der Waals surface area contributed by atoms with Gasteiger partial charge >= 0.3 is 5.51 Å². The molecule has 0 bridgehead atoms. The average Bonchev–Trinajstić information content (AvgIpc) is 3.13. The van der Waals surface area contributed by atoms with Gasteiger partial charge in [0, 0.05) is 41.2 Å². The van der Waals surface area contributed by atoms with Crippen LogP contribution in [0.1, 0.15) is 22.3 Å². The zero-order valence-corrected chi connectivity index (χ0v) is 18.0. The number of nitrogens with one attached hydrogen (secondary N) is 2. The van der Waals surface area contributed by atoms with Crippen LogP contribution in [0.3, 0.4) is 0 Å². The highest BCUT2D eigenvalue weighted by Crippen LogP contribution is 2.36. The number of hydrogen-bond acceptors (Lipinski definition) is 4. The third-order valence-corrected chi connectivity index (χ3v) is 5.67. The van der Waals surface area contributed by atoms with Crippen molar-refractivity contribution in [2.24, 2.45) is 0 Å². The monoisotopic (exact) mass is 471 g/mol. The molecule has 0 radical (unpaired) electrons.